The van der Waals surface area contributed by atoms with E-state index in [-0.39, 0.29) is 5.91 Å². The third kappa shape index (κ3) is 3.19. The van der Waals surface area contributed by atoms with E-state index < -0.39 is 0 Å². The van der Waals surface area contributed by atoms with Gasteiger partial charge in [0.05, 0.1) is 15.0 Å². The van der Waals surface area contributed by atoms with E-state index in [1.165, 1.54) is 11.8 Å². The Balaban J connectivity index is 1.91. The van der Waals surface area contributed by atoms with Gasteiger partial charge in [-0.3, -0.25) is 9.69 Å². The predicted molar refractivity (Wildman–Crippen MR) is 99.7 cm³/mol. The maximum absolute atomic E-state index is 12.2. The molecule has 0 spiro atoms. The first-order valence-electron chi connectivity index (χ1n) is 6.81. The lowest BCUT2D eigenvalue weighted by Crippen LogP contribution is -2.27. The van der Waals surface area contributed by atoms with E-state index in [1.807, 2.05) is 13.0 Å². The van der Waals surface area contributed by atoms with Gasteiger partial charge in [-0.25, -0.2) is 0 Å². The van der Waals surface area contributed by atoms with Crippen molar-refractivity contribution >= 4 is 63.5 Å². The number of thiocarbonyl (C=S) groups is 1. The molecule has 1 saturated heterocycles. The number of carbonyl (C=O) groups excluding carboxylic acids is 1. The second-order valence-corrected chi connectivity index (χ2v) is 7.19. The SMILES string of the molecule is CCN1C(=O)/C(=C\c2ccc(-c3cccc(Cl)c3Cl)o2)SC1=S. The van der Waals surface area contributed by atoms with Crippen LogP contribution in [0.25, 0.3) is 17.4 Å². The molecular formula is C16H11Cl2NO2S2. The van der Waals surface area contributed by atoms with Gasteiger partial charge in [0.2, 0.25) is 0 Å². The minimum Gasteiger partial charge on any atom is -0.457 e. The number of likely N-dealkylation sites (N-methyl/N-ethyl adjacent to an activating group) is 1. The normalized spacial score (nSPS) is 16.7. The van der Waals surface area contributed by atoms with Crippen LogP contribution in [0, 0.1) is 0 Å². The first-order valence-corrected chi connectivity index (χ1v) is 8.79. The molecule has 1 fully saturated rings. The van der Waals surface area contributed by atoms with Gasteiger partial charge in [-0.15, -0.1) is 0 Å². The molecule has 2 heterocycles. The van der Waals surface area contributed by atoms with Crippen molar-refractivity contribution in [2.45, 2.75) is 6.92 Å². The molecule has 0 N–H and O–H groups in total. The molecule has 23 heavy (non-hydrogen) atoms. The number of carbonyl (C=O) groups is 1. The molecule has 0 aliphatic carbocycles. The summed E-state index contributed by atoms with van der Waals surface area (Å²) in [6, 6.07) is 8.92. The molecule has 0 radical (unpaired) electrons. The molecule has 1 aliphatic rings. The summed E-state index contributed by atoms with van der Waals surface area (Å²) in [6.45, 7) is 2.45. The highest BCUT2D eigenvalue weighted by atomic mass is 35.5. The summed E-state index contributed by atoms with van der Waals surface area (Å²) in [4.78, 5) is 14.3. The van der Waals surface area contributed by atoms with Crippen LogP contribution in [0.2, 0.25) is 10.0 Å². The van der Waals surface area contributed by atoms with Crippen molar-refractivity contribution < 1.29 is 9.21 Å². The van der Waals surface area contributed by atoms with Crippen molar-refractivity contribution in [3.8, 4) is 11.3 Å². The molecule has 118 valence electrons. The number of hydrogen-bond acceptors (Lipinski definition) is 4. The van der Waals surface area contributed by atoms with Crippen LogP contribution in [-0.2, 0) is 4.79 Å². The van der Waals surface area contributed by atoms with E-state index in [4.69, 9.17) is 39.8 Å². The average molecular weight is 384 g/mol. The van der Waals surface area contributed by atoms with E-state index in [0.29, 0.717) is 42.9 Å². The topological polar surface area (TPSA) is 33.5 Å². The molecule has 0 atom stereocenters. The maximum atomic E-state index is 12.2. The fraction of sp³-hybridized carbons (Fsp3) is 0.125. The number of nitrogens with zero attached hydrogens (tertiary/aromatic N) is 1. The van der Waals surface area contributed by atoms with E-state index >= 15 is 0 Å². The zero-order chi connectivity index (χ0) is 16.6. The monoisotopic (exact) mass is 383 g/mol. The summed E-state index contributed by atoms with van der Waals surface area (Å²) in [6.07, 6.45) is 1.69. The van der Waals surface area contributed by atoms with E-state index in [0.717, 1.165) is 0 Å². The first-order chi connectivity index (χ1) is 11.0. The standard InChI is InChI=1S/C16H11Cl2NO2S2/c1-2-19-15(20)13(23-16(19)22)8-9-6-7-12(21-9)10-4-3-5-11(17)14(10)18/h3-8H,2H2,1H3/b13-8+. The van der Waals surface area contributed by atoms with Crippen molar-refractivity contribution in [1.82, 2.24) is 4.90 Å². The number of amides is 1. The van der Waals surface area contributed by atoms with E-state index in [2.05, 4.69) is 0 Å². The number of furan rings is 1. The average Bonchev–Trinajstić information content (AvgIpc) is 3.08. The smallest absolute Gasteiger partial charge is 0.266 e. The van der Waals surface area contributed by atoms with Gasteiger partial charge in [0.1, 0.15) is 15.8 Å². The Labute approximate surface area is 153 Å². The number of rotatable bonds is 3. The van der Waals surface area contributed by atoms with Crippen LogP contribution in [0.3, 0.4) is 0 Å². The van der Waals surface area contributed by atoms with Crippen LogP contribution in [0.1, 0.15) is 12.7 Å². The van der Waals surface area contributed by atoms with Crippen molar-refractivity contribution in [2.24, 2.45) is 0 Å². The molecule has 3 nitrogen and oxygen atoms in total. The third-order valence-corrected chi connectivity index (χ3v) is 5.50. The second kappa shape index (κ2) is 6.69. The lowest BCUT2D eigenvalue weighted by Gasteiger charge is -2.09. The van der Waals surface area contributed by atoms with Gasteiger partial charge in [-0.05, 0) is 31.2 Å². The Kier molecular flexibility index (Phi) is 4.82. The van der Waals surface area contributed by atoms with Crippen molar-refractivity contribution in [3.63, 3.8) is 0 Å². The number of hydrogen-bond donors (Lipinski definition) is 0. The zero-order valence-corrected chi connectivity index (χ0v) is 15.2. The minimum absolute atomic E-state index is 0.0961. The van der Waals surface area contributed by atoms with Crippen LogP contribution in [0.4, 0.5) is 0 Å². The number of thioether (sulfide) groups is 1. The molecule has 1 aromatic carbocycles. The molecule has 7 heteroatoms. The molecule has 3 rings (SSSR count). The van der Waals surface area contributed by atoms with Crippen LogP contribution in [0.15, 0.2) is 39.7 Å². The van der Waals surface area contributed by atoms with Gasteiger partial charge < -0.3 is 4.42 Å². The number of benzene rings is 1. The van der Waals surface area contributed by atoms with Crippen LogP contribution in [0.5, 0.6) is 0 Å². The van der Waals surface area contributed by atoms with Gasteiger partial charge in [-0.2, -0.15) is 0 Å². The van der Waals surface area contributed by atoms with Crippen molar-refractivity contribution in [2.75, 3.05) is 6.54 Å². The van der Waals surface area contributed by atoms with Gasteiger partial charge in [0.15, 0.2) is 0 Å². The summed E-state index contributed by atoms with van der Waals surface area (Å²) in [5, 5.41) is 0.901. The highest BCUT2D eigenvalue weighted by Crippen LogP contribution is 2.36. The summed E-state index contributed by atoms with van der Waals surface area (Å²) >= 11 is 18.7. The largest absolute Gasteiger partial charge is 0.457 e. The van der Waals surface area contributed by atoms with E-state index in [1.54, 1.807) is 35.2 Å². The third-order valence-electron chi connectivity index (χ3n) is 3.31. The molecule has 1 aliphatic heterocycles. The minimum atomic E-state index is -0.0961. The molecule has 0 saturated carbocycles. The zero-order valence-electron chi connectivity index (χ0n) is 12.0. The van der Waals surface area contributed by atoms with Crippen molar-refractivity contribution in [3.05, 3.63) is 51.0 Å². The maximum Gasteiger partial charge on any atom is 0.266 e. The highest BCUT2D eigenvalue weighted by molar-refractivity contribution is 8.26. The highest BCUT2D eigenvalue weighted by Gasteiger charge is 2.30. The molecule has 1 amide bonds. The Morgan fingerprint density at radius 1 is 1.30 bits per heavy atom. The summed E-state index contributed by atoms with van der Waals surface area (Å²) in [5.74, 6) is 1.06. The second-order valence-electron chi connectivity index (χ2n) is 4.73. The summed E-state index contributed by atoms with van der Waals surface area (Å²) < 4.78 is 6.34. The lowest BCUT2D eigenvalue weighted by molar-refractivity contribution is -0.121. The first kappa shape index (κ1) is 16.6. The Morgan fingerprint density at radius 3 is 2.78 bits per heavy atom. The fourth-order valence-electron chi connectivity index (χ4n) is 2.17. The molecular weight excluding hydrogens is 373 g/mol. The lowest BCUT2D eigenvalue weighted by atomic mass is 10.2. The Morgan fingerprint density at radius 2 is 2.09 bits per heavy atom. The van der Waals surface area contributed by atoms with Gasteiger partial charge >= 0.3 is 0 Å². The molecule has 2 aromatic rings. The van der Waals surface area contributed by atoms with Crippen LogP contribution in [-0.4, -0.2) is 21.7 Å². The molecule has 0 unspecified atom stereocenters. The molecule has 0 bridgehead atoms. The molecule has 1 aromatic heterocycles. The van der Waals surface area contributed by atoms with Gasteiger partial charge in [0.25, 0.3) is 5.91 Å². The quantitative estimate of drug-likeness (QED) is 0.519. The van der Waals surface area contributed by atoms with Gasteiger partial charge in [0, 0.05) is 18.2 Å². The van der Waals surface area contributed by atoms with E-state index in [9.17, 15) is 4.79 Å². The summed E-state index contributed by atoms with van der Waals surface area (Å²) in [5.41, 5.74) is 0.708. The predicted octanol–water partition coefficient (Wildman–Crippen LogP) is 5.47. The summed E-state index contributed by atoms with van der Waals surface area (Å²) in [7, 11) is 0. The fourth-order valence-corrected chi connectivity index (χ4v) is 3.93. The van der Waals surface area contributed by atoms with Crippen molar-refractivity contribution in [1.29, 1.82) is 0 Å². The van der Waals surface area contributed by atoms with Gasteiger partial charge in [-0.1, -0.05) is 53.2 Å². The number of halogens is 2. The van der Waals surface area contributed by atoms with Crippen LogP contribution < -0.4 is 0 Å². The van der Waals surface area contributed by atoms with Crippen LogP contribution >= 0.6 is 47.2 Å². The Bertz CT molecular complexity index is 829. The Hall–Kier alpha value is -1.27.